The second kappa shape index (κ2) is 11.4. The van der Waals surface area contributed by atoms with Gasteiger partial charge in [0.25, 0.3) is 0 Å². The number of ether oxygens (including phenoxy) is 1. The second-order valence-corrected chi connectivity index (χ2v) is 9.49. The number of halogens is 2. The maximum Gasteiger partial charge on any atom is 0.131 e. The van der Waals surface area contributed by atoms with Gasteiger partial charge in [-0.1, -0.05) is 45.4 Å². The first kappa shape index (κ1) is 22.7. The van der Waals surface area contributed by atoms with Gasteiger partial charge in [0.15, 0.2) is 0 Å². The van der Waals surface area contributed by atoms with Gasteiger partial charge in [0.2, 0.25) is 0 Å². The topological polar surface area (TPSA) is 9.23 Å². The van der Waals surface area contributed by atoms with Gasteiger partial charge >= 0.3 is 0 Å². The highest BCUT2D eigenvalue weighted by molar-refractivity contribution is 5.28. The Morgan fingerprint density at radius 1 is 0.828 bits per heavy atom. The average Bonchev–Trinajstić information content (AvgIpc) is 2.74. The highest BCUT2D eigenvalue weighted by Crippen LogP contribution is 2.44. The molecule has 3 heteroatoms. The molecule has 0 radical (unpaired) electrons. The molecule has 0 aromatic heterocycles. The Kier molecular flexibility index (Phi) is 8.96. The molecule has 0 heterocycles. The van der Waals surface area contributed by atoms with Gasteiger partial charge in [0.1, 0.15) is 11.6 Å². The van der Waals surface area contributed by atoms with Crippen LogP contribution in [0.5, 0.6) is 0 Å². The third-order valence-corrected chi connectivity index (χ3v) is 7.63. The van der Waals surface area contributed by atoms with Gasteiger partial charge in [0.05, 0.1) is 6.61 Å². The fraction of sp³-hybridized carbons (Fsp3) is 0.769. The van der Waals surface area contributed by atoms with Crippen LogP contribution in [0.15, 0.2) is 12.1 Å². The molecular formula is C26H40F2O. The summed E-state index contributed by atoms with van der Waals surface area (Å²) in [5, 5.41) is 0. The molecule has 0 aliphatic heterocycles. The molecule has 1 aromatic carbocycles. The third-order valence-electron chi connectivity index (χ3n) is 7.63. The average molecular weight is 407 g/mol. The Bertz CT molecular complexity index is 590. The number of unbranched alkanes of at least 4 members (excludes halogenated alkanes) is 2. The lowest BCUT2D eigenvalue weighted by molar-refractivity contribution is 0.128. The third kappa shape index (κ3) is 6.26. The number of hydrogen-bond acceptors (Lipinski definition) is 1. The molecule has 2 aliphatic rings. The van der Waals surface area contributed by atoms with E-state index in [4.69, 9.17) is 4.74 Å². The highest BCUT2D eigenvalue weighted by atomic mass is 19.1. The quantitative estimate of drug-likeness (QED) is 0.376. The maximum atomic E-state index is 14.4. The van der Waals surface area contributed by atoms with Crippen molar-refractivity contribution in [1.82, 2.24) is 0 Å². The lowest BCUT2D eigenvalue weighted by atomic mass is 9.68. The molecule has 0 unspecified atom stereocenters. The van der Waals surface area contributed by atoms with Crippen LogP contribution in [0, 0.1) is 29.4 Å². The molecule has 0 spiro atoms. The first-order valence-electron chi connectivity index (χ1n) is 12.2. The van der Waals surface area contributed by atoms with Crippen molar-refractivity contribution in [2.45, 2.75) is 103 Å². The molecule has 1 nitrogen and oxygen atoms in total. The van der Waals surface area contributed by atoms with E-state index in [1.165, 1.54) is 64.2 Å². The van der Waals surface area contributed by atoms with Crippen LogP contribution in [0.2, 0.25) is 0 Å². The smallest absolute Gasteiger partial charge is 0.131 e. The predicted molar refractivity (Wildman–Crippen MR) is 116 cm³/mol. The summed E-state index contributed by atoms with van der Waals surface area (Å²) >= 11 is 0. The summed E-state index contributed by atoms with van der Waals surface area (Å²) in [7, 11) is 0. The molecule has 0 bridgehead atoms. The minimum Gasteiger partial charge on any atom is -0.377 e. The second-order valence-electron chi connectivity index (χ2n) is 9.49. The number of hydrogen-bond donors (Lipinski definition) is 0. The van der Waals surface area contributed by atoms with E-state index >= 15 is 0 Å². The molecule has 0 amide bonds. The van der Waals surface area contributed by atoms with Crippen molar-refractivity contribution >= 4 is 0 Å². The Morgan fingerprint density at radius 2 is 1.41 bits per heavy atom. The van der Waals surface area contributed by atoms with Gasteiger partial charge in [-0.25, -0.2) is 8.78 Å². The van der Waals surface area contributed by atoms with E-state index in [0.29, 0.717) is 12.5 Å². The lowest BCUT2D eigenvalue weighted by Gasteiger charge is -2.38. The zero-order chi connectivity index (χ0) is 20.6. The molecule has 0 atom stereocenters. The van der Waals surface area contributed by atoms with Gasteiger partial charge in [0, 0.05) is 12.2 Å². The maximum absolute atomic E-state index is 14.4. The van der Waals surface area contributed by atoms with Gasteiger partial charge in [-0.15, -0.1) is 0 Å². The normalized spacial score (nSPS) is 27.9. The van der Waals surface area contributed by atoms with Gasteiger partial charge < -0.3 is 4.74 Å². The minimum absolute atomic E-state index is 0.0162. The Balaban J connectivity index is 1.47. The molecule has 2 saturated carbocycles. The molecular weight excluding hydrogens is 366 g/mol. The summed E-state index contributed by atoms with van der Waals surface area (Å²) in [6, 6.07) is 3.12. The van der Waals surface area contributed by atoms with Gasteiger partial charge in [-0.05, 0) is 86.8 Å². The van der Waals surface area contributed by atoms with Crippen LogP contribution in [0.25, 0.3) is 0 Å². The van der Waals surface area contributed by atoms with E-state index in [1.54, 1.807) is 12.1 Å². The van der Waals surface area contributed by atoms with Crippen molar-refractivity contribution in [3.63, 3.8) is 0 Å². The van der Waals surface area contributed by atoms with E-state index in [2.05, 4.69) is 6.92 Å². The van der Waals surface area contributed by atoms with E-state index in [1.807, 2.05) is 6.92 Å². The monoisotopic (exact) mass is 406 g/mol. The summed E-state index contributed by atoms with van der Waals surface area (Å²) < 4.78 is 34.0. The number of benzene rings is 1. The van der Waals surface area contributed by atoms with Crippen molar-refractivity contribution in [2.75, 3.05) is 6.61 Å². The van der Waals surface area contributed by atoms with Crippen LogP contribution >= 0.6 is 0 Å². The molecule has 29 heavy (non-hydrogen) atoms. The Morgan fingerprint density at radius 3 is 1.97 bits per heavy atom. The van der Waals surface area contributed by atoms with Crippen LogP contribution in [-0.4, -0.2) is 6.61 Å². The molecule has 164 valence electrons. The van der Waals surface area contributed by atoms with E-state index in [9.17, 15) is 8.78 Å². The van der Waals surface area contributed by atoms with Crippen LogP contribution in [0.3, 0.4) is 0 Å². The fourth-order valence-corrected chi connectivity index (χ4v) is 5.76. The summed E-state index contributed by atoms with van der Waals surface area (Å²) in [6.07, 6.45) is 15.8. The fourth-order valence-electron chi connectivity index (χ4n) is 5.76. The van der Waals surface area contributed by atoms with Crippen molar-refractivity contribution in [3.05, 3.63) is 34.9 Å². The molecule has 2 fully saturated rings. The lowest BCUT2D eigenvalue weighted by Crippen LogP contribution is -2.25. The summed E-state index contributed by atoms with van der Waals surface area (Å²) in [6.45, 7) is 4.60. The first-order chi connectivity index (χ1) is 14.1. The van der Waals surface area contributed by atoms with E-state index in [-0.39, 0.29) is 12.2 Å². The Labute approximate surface area is 176 Å². The number of rotatable bonds is 9. The van der Waals surface area contributed by atoms with Crippen molar-refractivity contribution in [2.24, 2.45) is 17.8 Å². The van der Waals surface area contributed by atoms with Crippen LogP contribution < -0.4 is 0 Å². The summed E-state index contributed by atoms with van der Waals surface area (Å²) in [5.41, 5.74) is 0.915. The molecule has 0 saturated heterocycles. The van der Waals surface area contributed by atoms with Crippen molar-refractivity contribution in [1.29, 1.82) is 0 Å². The summed E-state index contributed by atoms with van der Waals surface area (Å²) in [5.74, 6) is 2.10. The molecule has 0 N–H and O–H groups in total. The predicted octanol–water partition coefficient (Wildman–Crippen LogP) is 8.16. The summed E-state index contributed by atoms with van der Waals surface area (Å²) in [4.78, 5) is 0. The van der Waals surface area contributed by atoms with Crippen LogP contribution in [-0.2, 0) is 11.3 Å². The van der Waals surface area contributed by atoms with Gasteiger partial charge in [-0.3, -0.25) is 0 Å². The van der Waals surface area contributed by atoms with Crippen molar-refractivity contribution in [3.8, 4) is 0 Å². The van der Waals surface area contributed by atoms with E-state index < -0.39 is 11.6 Å². The highest BCUT2D eigenvalue weighted by Gasteiger charge is 2.31. The molecule has 3 rings (SSSR count). The van der Waals surface area contributed by atoms with Crippen molar-refractivity contribution < 1.29 is 13.5 Å². The zero-order valence-electron chi connectivity index (χ0n) is 18.5. The minimum atomic E-state index is -0.447. The zero-order valence-corrected chi connectivity index (χ0v) is 18.5. The SMILES string of the molecule is CCCCC[C@H]1CC[C@H]([C@H]2CC[C@H](c3cc(F)c(COCC)c(F)c3)CC2)CC1. The standard InChI is InChI=1S/C26H40F2O/c1-3-5-6-7-19-8-10-20(11-9-19)21-12-14-22(15-13-21)23-16-25(27)24(18-29-4-2)26(28)17-23/h16-17,19-22H,3-15,18H2,1-2H3/t19-,20-,21-,22-. The first-order valence-corrected chi connectivity index (χ1v) is 12.2. The van der Waals surface area contributed by atoms with Crippen LogP contribution in [0.4, 0.5) is 8.78 Å². The molecule has 2 aliphatic carbocycles. The Hall–Kier alpha value is -0.960. The van der Waals surface area contributed by atoms with Gasteiger partial charge in [-0.2, -0.15) is 0 Å². The van der Waals surface area contributed by atoms with E-state index in [0.717, 1.165) is 36.2 Å². The van der Waals surface area contributed by atoms with Crippen LogP contribution in [0.1, 0.15) is 108 Å². The molecule has 1 aromatic rings. The largest absolute Gasteiger partial charge is 0.377 e.